The van der Waals surface area contributed by atoms with Gasteiger partial charge in [-0.3, -0.25) is 9.69 Å². The van der Waals surface area contributed by atoms with Crippen LogP contribution in [0.15, 0.2) is 35.3 Å². The molecule has 194 valence electrons. The van der Waals surface area contributed by atoms with Gasteiger partial charge in [0.15, 0.2) is 11.6 Å². The number of halogens is 5. The Morgan fingerprint density at radius 2 is 2.00 bits per heavy atom. The van der Waals surface area contributed by atoms with Crippen LogP contribution in [0.5, 0.6) is 0 Å². The predicted molar refractivity (Wildman–Crippen MR) is 120 cm³/mol. The first kappa shape index (κ1) is 25.8. The molecular weight excluding hydrogens is 489 g/mol. The number of aromatic amines is 1. The van der Waals surface area contributed by atoms with E-state index >= 15 is 0 Å². The SMILES string of the molecule is CC(C)(O)CN1CC[C@@H](NC(=O)c2ccc3[nH]c(=O)n(-c4ncc(C(F)(F)F)cc4F)c3c2)[C@@H](F)C1. The van der Waals surface area contributed by atoms with Crippen molar-refractivity contribution >= 4 is 16.9 Å². The molecule has 0 bridgehead atoms. The van der Waals surface area contributed by atoms with Crippen molar-refractivity contribution in [3.05, 3.63) is 57.9 Å². The number of aliphatic hydroxyl groups is 1. The number of imidazole rings is 1. The normalized spacial score (nSPS) is 19.6. The van der Waals surface area contributed by atoms with E-state index in [2.05, 4.69) is 15.3 Å². The summed E-state index contributed by atoms with van der Waals surface area (Å²) in [4.78, 5) is 33.0. The molecule has 1 saturated heterocycles. The van der Waals surface area contributed by atoms with Crippen molar-refractivity contribution in [2.24, 2.45) is 0 Å². The van der Waals surface area contributed by atoms with Crippen LogP contribution in [0, 0.1) is 5.82 Å². The second-order valence-electron chi connectivity index (χ2n) is 9.46. The van der Waals surface area contributed by atoms with Gasteiger partial charge < -0.3 is 15.4 Å². The van der Waals surface area contributed by atoms with Gasteiger partial charge in [-0.05, 0) is 44.5 Å². The number of amides is 1. The lowest BCUT2D eigenvalue weighted by Gasteiger charge is -2.37. The smallest absolute Gasteiger partial charge is 0.389 e. The number of pyridine rings is 1. The number of nitrogens with zero attached hydrogens (tertiary/aromatic N) is 3. The predicted octanol–water partition coefficient (Wildman–Crippen LogP) is 2.78. The quantitative estimate of drug-likeness (QED) is 0.456. The van der Waals surface area contributed by atoms with Crippen molar-refractivity contribution in [1.29, 1.82) is 0 Å². The summed E-state index contributed by atoms with van der Waals surface area (Å²) >= 11 is 0. The molecule has 1 fully saturated rings. The summed E-state index contributed by atoms with van der Waals surface area (Å²) < 4.78 is 68.6. The Kier molecular flexibility index (Phi) is 6.64. The van der Waals surface area contributed by atoms with Gasteiger partial charge in [0.2, 0.25) is 0 Å². The maximum Gasteiger partial charge on any atom is 0.417 e. The molecule has 8 nitrogen and oxygen atoms in total. The largest absolute Gasteiger partial charge is 0.417 e. The summed E-state index contributed by atoms with van der Waals surface area (Å²) in [6.07, 6.45) is -5.49. The molecule has 13 heteroatoms. The van der Waals surface area contributed by atoms with Crippen LogP contribution in [-0.4, -0.2) is 67.9 Å². The van der Waals surface area contributed by atoms with Crippen molar-refractivity contribution in [2.75, 3.05) is 19.6 Å². The zero-order chi connectivity index (χ0) is 26.4. The van der Waals surface area contributed by atoms with Crippen LogP contribution < -0.4 is 11.0 Å². The Labute approximate surface area is 201 Å². The average molecular weight is 513 g/mol. The van der Waals surface area contributed by atoms with Gasteiger partial charge in [0, 0.05) is 31.4 Å². The van der Waals surface area contributed by atoms with E-state index in [0.29, 0.717) is 19.2 Å². The highest BCUT2D eigenvalue weighted by atomic mass is 19.4. The van der Waals surface area contributed by atoms with Crippen LogP contribution in [0.2, 0.25) is 0 Å². The van der Waals surface area contributed by atoms with Crippen LogP contribution in [0.25, 0.3) is 16.9 Å². The van der Waals surface area contributed by atoms with Gasteiger partial charge in [-0.25, -0.2) is 23.1 Å². The monoisotopic (exact) mass is 513 g/mol. The first-order valence-electron chi connectivity index (χ1n) is 11.1. The van der Waals surface area contributed by atoms with E-state index in [9.17, 15) is 36.6 Å². The molecule has 1 aliphatic heterocycles. The molecular formula is C23H24F5N5O3. The number of hydrogen-bond donors (Lipinski definition) is 3. The zero-order valence-electron chi connectivity index (χ0n) is 19.4. The summed E-state index contributed by atoms with van der Waals surface area (Å²) in [6.45, 7) is 4.02. The zero-order valence-corrected chi connectivity index (χ0v) is 19.4. The van der Waals surface area contributed by atoms with Crippen LogP contribution in [0.4, 0.5) is 22.0 Å². The van der Waals surface area contributed by atoms with Crippen LogP contribution in [-0.2, 0) is 6.18 Å². The topological polar surface area (TPSA) is 103 Å². The third kappa shape index (κ3) is 5.41. The number of rotatable bonds is 5. The van der Waals surface area contributed by atoms with Crippen LogP contribution in [0.3, 0.4) is 0 Å². The fraction of sp³-hybridized carbons (Fsp3) is 0.435. The van der Waals surface area contributed by atoms with Crippen molar-refractivity contribution < 1.29 is 31.9 Å². The second kappa shape index (κ2) is 9.28. The molecule has 0 unspecified atom stereocenters. The van der Waals surface area contributed by atoms with E-state index in [4.69, 9.17) is 0 Å². The maximum atomic E-state index is 14.7. The number of likely N-dealkylation sites (tertiary alicyclic amines) is 1. The van der Waals surface area contributed by atoms with E-state index in [0.717, 1.165) is 4.57 Å². The van der Waals surface area contributed by atoms with E-state index in [1.54, 1.807) is 18.7 Å². The molecule has 3 heterocycles. The number of fused-ring (bicyclic) bond motifs is 1. The Morgan fingerprint density at radius 3 is 2.61 bits per heavy atom. The summed E-state index contributed by atoms with van der Waals surface area (Å²) in [6, 6.07) is 3.45. The molecule has 3 N–H and O–H groups in total. The summed E-state index contributed by atoms with van der Waals surface area (Å²) in [7, 11) is 0. The lowest BCUT2D eigenvalue weighted by atomic mass is 10.00. The Hall–Kier alpha value is -3.32. The summed E-state index contributed by atoms with van der Waals surface area (Å²) in [5, 5.41) is 12.6. The van der Waals surface area contributed by atoms with Crippen molar-refractivity contribution in [3.8, 4) is 5.82 Å². The Balaban J connectivity index is 1.58. The molecule has 0 saturated carbocycles. The summed E-state index contributed by atoms with van der Waals surface area (Å²) in [5.41, 5.74) is -2.92. The van der Waals surface area contributed by atoms with Crippen molar-refractivity contribution in [3.63, 3.8) is 0 Å². The number of H-pyrrole nitrogens is 1. The first-order valence-corrected chi connectivity index (χ1v) is 11.1. The van der Waals surface area contributed by atoms with E-state index in [-0.39, 0.29) is 35.8 Å². The van der Waals surface area contributed by atoms with Crippen molar-refractivity contribution in [2.45, 2.75) is 44.3 Å². The third-order valence-electron chi connectivity index (χ3n) is 5.86. The van der Waals surface area contributed by atoms with E-state index < -0.39 is 52.8 Å². The number of carbonyl (C=O) groups excluding carboxylic acids is 1. The van der Waals surface area contributed by atoms with Gasteiger partial charge in [0.05, 0.1) is 28.2 Å². The number of hydrogen-bond acceptors (Lipinski definition) is 5. The highest BCUT2D eigenvalue weighted by molar-refractivity contribution is 5.97. The fourth-order valence-corrected chi connectivity index (χ4v) is 4.28. The van der Waals surface area contributed by atoms with Crippen molar-refractivity contribution in [1.82, 2.24) is 24.8 Å². The number of β-amino-alcohol motifs (C(OH)–C–C–N with tert-alkyl or cyclic N) is 1. The molecule has 3 aromatic rings. The third-order valence-corrected chi connectivity index (χ3v) is 5.86. The lowest BCUT2D eigenvalue weighted by molar-refractivity contribution is -0.138. The molecule has 1 amide bonds. The molecule has 2 aromatic heterocycles. The first-order chi connectivity index (χ1) is 16.7. The van der Waals surface area contributed by atoms with E-state index in [1.807, 2.05) is 0 Å². The number of aromatic nitrogens is 3. The number of carbonyl (C=O) groups is 1. The molecule has 1 aliphatic rings. The van der Waals surface area contributed by atoms with Crippen LogP contribution >= 0.6 is 0 Å². The number of nitrogens with one attached hydrogen (secondary N) is 2. The van der Waals surface area contributed by atoms with Gasteiger partial charge in [0.1, 0.15) is 6.17 Å². The minimum absolute atomic E-state index is 0.00982. The lowest BCUT2D eigenvalue weighted by Crippen LogP contribution is -2.54. The molecule has 2 atom stereocenters. The molecule has 0 aliphatic carbocycles. The Morgan fingerprint density at radius 1 is 1.28 bits per heavy atom. The molecule has 0 spiro atoms. The highest BCUT2D eigenvalue weighted by Gasteiger charge is 2.34. The number of benzene rings is 1. The highest BCUT2D eigenvalue weighted by Crippen LogP contribution is 2.30. The van der Waals surface area contributed by atoms with Gasteiger partial charge in [0.25, 0.3) is 5.91 Å². The minimum atomic E-state index is -4.82. The standard InChI is InChI=1S/C23H24F5N5O3/c1-22(2,36)11-32-6-5-16(15(25)10-32)30-20(34)12-3-4-17-18(7-12)33(21(35)31-17)19-14(24)8-13(9-29-19)23(26,27)28/h3-4,7-9,15-16,36H,5-6,10-11H2,1-2H3,(H,30,34)(H,31,35)/t15-,16+/m0/s1. The number of piperidine rings is 1. The molecule has 1 aromatic carbocycles. The Bertz CT molecular complexity index is 1340. The molecule has 36 heavy (non-hydrogen) atoms. The second-order valence-corrected chi connectivity index (χ2v) is 9.46. The van der Waals surface area contributed by atoms with Gasteiger partial charge in [-0.1, -0.05) is 0 Å². The van der Waals surface area contributed by atoms with Gasteiger partial charge >= 0.3 is 11.9 Å². The number of alkyl halides is 4. The molecule has 0 radical (unpaired) electrons. The van der Waals surface area contributed by atoms with E-state index in [1.165, 1.54) is 18.2 Å². The average Bonchev–Trinajstić information content (AvgIpc) is 3.08. The minimum Gasteiger partial charge on any atom is -0.389 e. The van der Waals surface area contributed by atoms with Gasteiger partial charge in [-0.15, -0.1) is 0 Å². The molecule has 4 rings (SSSR count). The summed E-state index contributed by atoms with van der Waals surface area (Å²) in [5.74, 6) is -2.68. The fourth-order valence-electron chi connectivity index (χ4n) is 4.28. The maximum absolute atomic E-state index is 14.7. The van der Waals surface area contributed by atoms with Crippen LogP contribution in [0.1, 0.15) is 36.2 Å². The van der Waals surface area contributed by atoms with Gasteiger partial charge in [-0.2, -0.15) is 13.2 Å².